The van der Waals surface area contributed by atoms with Crippen molar-refractivity contribution in [2.24, 2.45) is 0 Å². The van der Waals surface area contributed by atoms with Crippen LogP contribution in [0.5, 0.6) is 0 Å². The number of thiophene rings is 1. The van der Waals surface area contributed by atoms with Crippen molar-refractivity contribution in [1.82, 2.24) is 0 Å². The number of rotatable bonds is 6. The summed E-state index contributed by atoms with van der Waals surface area (Å²) in [5.41, 5.74) is 18.4. The van der Waals surface area contributed by atoms with E-state index in [1.807, 2.05) is 11.3 Å². The smallest absolute Gasteiger partial charge is 0.0714 e. The Morgan fingerprint density at radius 2 is 0.967 bits per heavy atom. The van der Waals surface area contributed by atoms with Gasteiger partial charge in [0.2, 0.25) is 0 Å². The van der Waals surface area contributed by atoms with Crippen LogP contribution in [0.3, 0.4) is 0 Å². The Labute approximate surface area is 355 Å². The molecule has 1 heterocycles. The quantitative estimate of drug-likeness (QED) is 0.162. The molecule has 12 rings (SSSR count). The predicted octanol–water partition coefficient (Wildman–Crippen LogP) is 15.9. The van der Waals surface area contributed by atoms with Crippen molar-refractivity contribution >= 4 is 48.6 Å². The van der Waals surface area contributed by atoms with Gasteiger partial charge in [0.05, 0.1) is 5.41 Å². The van der Waals surface area contributed by atoms with Crippen LogP contribution in [0.2, 0.25) is 0 Å². The van der Waals surface area contributed by atoms with Crippen LogP contribution in [-0.2, 0) is 10.8 Å². The third kappa shape index (κ3) is 4.92. The van der Waals surface area contributed by atoms with Crippen molar-refractivity contribution in [2.75, 3.05) is 4.90 Å². The molecule has 60 heavy (non-hydrogen) atoms. The monoisotopic (exact) mass is 783 g/mol. The Hall–Kier alpha value is -7.00. The van der Waals surface area contributed by atoms with Gasteiger partial charge < -0.3 is 4.90 Å². The highest BCUT2D eigenvalue weighted by molar-refractivity contribution is 7.26. The van der Waals surface area contributed by atoms with Gasteiger partial charge in [0, 0.05) is 42.6 Å². The van der Waals surface area contributed by atoms with Gasteiger partial charge in [-0.3, -0.25) is 0 Å². The Balaban J connectivity index is 1.12. The highest BCUT2D eigenvalue weighted by Gasteiger charge is 2.46. The second-order valence-electron chi connectivity index (χ2n) is 16.8. The molecule has 9 aromatic carbocycles. The molecule has 0 fully saturated rings. The summed E-state index contributed by atoms with van der Waals surface area (Å²) in [6, 6.07) is 79.0. The number of hydrogen-bond acceptors (Lipinski definition) is 2. The molecule has 10 aromatic rings. The number of benzene rings is 9. The Morgan fingerprint density at radius 1 is 0.383 bits per heavy atom. The van der Waals surface area contributed by atoms with Gasteiger partial charge in [0.15, 0.2) is 0 Å². The fourth-order valence-electron chi connectivity index (χ4n) is 10.7. The molecule has 0 aliphatic heterocycles. The lowest BCUT2D eigenvalue weighted by Gasteiger charge is -2.35. The standard InChI is InChI=1S/C58H41NS/c1-57(2)48-34-32-42(35-47(48)55-51(57)37-53-56(46-28-16-18-30-52(46)60-53)54(55)38-19-7-3-8-20-38)59(41-25-13-6-14-26-41)43-31-33-45-44-27-15-17-29-49(44)58(50(45)36-43,39-21-9-4-10-22-39)40-23-11-5-12-24-40/h3-37H,1-2H3. The maximum absolute atomic E-state index is 2.50. The van der Waals surface area contributed by atoms with Gasteiger partial charge in [-0.25, -0.2) is 0 Å². The average Bonchev–Trinajstić information content (AvgIpc) is 3.90. The number of nitrogens with zero attached hydrogens (tertiary/aromatic N) is 1. The van der Waals surface area contributed by atoms with E-state index in [4.69, 9.17) is 0 Å². The van der Waals surface area contributed by atoms with E-state index in [1.54, 1.807) is 0 Å². The number of anilines is 3. The Bertz CT molecular complexity index is 3230. The molecule has 2 aliphatic rings. The molecule has 0 N–H and O–H groups in total. The third-order valence-corrected chi connectivity index (χ3v) is 14.4. The lowest BCUT2D eigenvalue weighted by molar-refractivity contribution is 0.661. The van der Waals surface area contributed by atoms with E-state index in [0.717, 1.165) is 17.1 Å². The van der Waals surface area contributed by atoms with Gasteiger partial charge in [-0.2, -0.15) is 0 Å². The summed E-state index contributed by atoms with van der Waals surface area (Å²) in [4.78, 5) is 2.47. The lowest BCUT2D eigenvalue weighted by Crippen LogP contribution is -2.28. The van der Waals surface area contributed by atoms with E-state index in [0.29, 0.717) is 0 Å². The van der Waals surface area contributed by atoms with Crippen molar-refractivity contribution in [3.8, 4) is 33.4 Å². The maximum atomic E-state index is 2.50. The second kappa shape index (κ2) is 13.3. The van der Waals surface area contributed by atoms with E-state index < -0.39 is 5.41 Å². The van der Waals surface area contributed by atoms with Crippen molar-refractivity contribution in [1.29, 1.82) is 0 Å². The van der Waals surface area contributed by atoms with E-state index in [9.17, 15) is 0 Å². The molecule has 2 heteroatoms. The second-order valence-corrected chi connectivity index (χ2v) is 17.9. The molecule has 1 aromatic heterocycles. The fraction of sp³-hybridized carbons (Fsp3) is 0.0690. The summed E-state index contributed by atoms with van der Waals surface area (Å²) >= 11 is 1.91. The summed E-state index contributed by atoms with van der Waals surface area (Å²) in [7, 11) is 0. The molecule has 0 radical (unpaired) electrons. The zero-order valence-corrected chi connectivity index (χ0v) is 34.4. The summed E-state index contributed by atoms with van der Waals surface area (Å²) < 4.78 is 2.68. The van der Waals surface area contributed by atoms with Crippen LogP contribution in [0.4, 0.5) is 17.1 Å². The van der Waals surface area contributed by atoms with Crippen LogP contribution in [0.1, 0.15) is 47.2 Å². The zero-order chi connectivity index (χ0) is 40.0. The highest BCUT2D eigenvalue weighted by Crippen LogP contribution is 2.59. The zero-order valence-electron chi connectivity index (χ0n) is 33.6. The fourth-order valence-corrected chi connectivity index (χ4v) is 11.9. The van der Waals surface area contributed by atoms with Crippen LogP contribution in [0.25, 0.3) is 53.6 Å². The minimum atomic E-state index is -0.493. The normalized spacial score (nSPS) is 14.1. The first-order valence-corrected chi connectivity index (χ1v) is 21.7. The molecular formula is C58H41NS. The van der Waals surface area contributed by atoms with Crippen molar-refractivity contribution in [3.63, 3.8) is 0 Å². The SMILES string of the molecule is CC1(C)c2ccc(N(c3ccccc3)c3ccc4c(c3)C(c3ccccc3)(c3ccccc3)c3ccccc3-4)cc2-c2c1cc1sc3ccccc3c1c2-c1ccccc1. The number of fused-ring (bicyclic) bond motifs is 9. The molecule has 284 valence electrons. The first-order valence-electron chi connectivity index (χ1n) is 20.9. The largest absolute Gasteiger partial charge is 0.310 e. The van der Waals surface area contributed by atoms with Crippen LogP contribution in [0, 0.1) is 0 Å². The highest BCUT2D eigenvalue weighted by atomic mass is 32.1. The Kier molecular flexibility index (Phi) is 7.73. The van der Waals surface area contributed by atoms with Crippen LogP contribution < -0.4 is 4.90 Å². The van der Waals surface area contributed by atoms with E-state index in [1.165, 1.54) is 86.9 Å². The minimum Gasteiger partial charge on any atom is -0.310 e. The number of hydrogen-bond donors (Lipinski definition) is 0. The molecular weight excluding hydrogens is 743 g/mol. The summed E-state index contributed by atoms with van der Waals surface area (Å²) in [5, 5.41) is 2.68. The van der Waals surface area contributed by atoms with Gasteiger partial charge in [0.1, 0.15) is 0 Å². The molecule has 0 atom stereocenters. The summed E-state index contributed by atoms with van der Waals surface area (Å²) in [5.74, 6) is 0. The third-order valence-electron chi connectivity index (χ3n) is 13.3. The van der Waals surface area contributed by atoms with Crippen molar-refractivity contribution in [2.45, 2.75) is 24.7 Å². The molecule has 0 bridgehead atoms. The van der Waals surface area contributed by atoms with Crippen LogP contribution in [0.15, 0.2) is 212 Å². The molecule has 0 saturated carbocycles. The molecule has 0 unspecified atom stereocenters. The minimum absolute atomic E-state index is 0.182. The molecule has 0 saturated heterocycles. The van der Waals surface area contributed by atoms with E-state index in [-0.39, 0.29) is 5.41 Å². The van der Waals surface area contributed by atoms with Gasteiger partial charge in [-0.1, -0.05) is 178 Å². The topological polar surface area (TPSA) is 3.24 Å². The lowest BCUT2D eigenvalue weighted by atomic mass is 9.67. The molecule has 0 amide bonds. The van der Waals surface area contributed by atoms with Crippen LogP contribution >= 0.6 is 11.3 Å². The molecule has 0 spiro atoms. The van der Waals surface area contributed by atoms with Crippen molar-refractivity contribution < 1.29 is 0 Å². The molecule has 2 aliphatic carbocycles. The van der Waals surface area contributed by atoms with Crippen LogP contribution in [-0.4, -0.2) is 0 Å². The maximum Gasteiger partial charge on any atom is 0.0714 e. The predicted molar refractivity (Wildman–Crippen MR) is 254 cm³/mol. The summed E-state index contributed by atoms with van der Waals surface area (Å²) in [6.07, 6.45) is 0. The first kappa shape index (κ1) is 35.0. The number of para-hydroxylation sites is 1. The van der Waals surface area contributed by atoms with Gasteiger partial charge in [0.25, 0.3) is 0 Å². The van der Waals surface area contributed by atoms with Gasteiger partial charge >= 0.3 is 0 Å². The van der Waals surface area contributed by atoms with E-state index >= 15 is 0 Å². The first-order chi connectivity index (χ1) is 29.5. The van der Waals surface area contributed by atoms with Crippen molar-refractivity contribution in [3.05, 3.63) is 246 Å². The summed E-state index contributed by atoms with van der Waals surface area (Å²) in [6.45, 7) is 4.82. The average molecular weight is 784 g/mol. The molecule has 1 nitrogen and oxygen atoms in total. The van der Waals surface area contributed by atoms with E-state index in [2.05, 4.69) is 231 Å². The van der Waals surface area contributed by atoms with Gasteiger partial charge in [-0.05, 0) is 115 Å². The Morgan fingerprint density at radius 3 is 1.70 bits per heavy atom. The van der Waals surface area contributed by atoms with Gasteiger partial charge in [-0.15, -0.1) is 11.3 Å².